The summed E-state index contributed by atoms with van der Waals surface area (Å²) in [5.41, 5.74) is 3.01. The SMILES string of the molecule is CCCOc1cc(-c2cncc(C3(CI)COC(C)(C)OC3)c2)ccc1OC. The molecule has 2 heterocycles. The van der Waals surface area contributed by atoms with E-state index in [-0.39, 0.29) is 5.41 Å². The highest BCUT2D eigenvalue weighted by molar-refractivity contribution is 14.1. The lowest BCUT2D eigenvalue weighted by molar-refractivity contribution is -0.265. The predicted octanol–water partition coefficient (Wildman–Crippen LogP) is 5.00. The fourth-order valence-corrected chi connectivity index (χ4v) is 3.98. The molecule has 0 radical (unpaired) electrons. The maximum Gasteiger partial charge on any atom is 0.162 e. The van der Waals surface area contributed by atoms with Crippen molar-refractivity contribution >= 4 is 22.6 Å². The monoisotopic (exact) mass is 497 g/mol. The van der Waals surface area contributed by atoms with Gasteiger partial charge in [-0.2, -0.15) is 0 Å². The summed E-state index contributed by atoms with van der Waals surface area (Å²) < 4.78 is 24.1. The van der Waals surface area contributed by atoms with Crippen LogP contribution in [0.3, 0.4) is 0 Å². The summed E-state index contributed by atoms with van der Waals surface area (Å²) in [6.07, 6.45) is 4.74. The predicted molar refractivity (Wildman–Crippen MR) is 119 cm³/mol. The van der Waals surface area contributed by atoms with Crippen LogP contribution in [0.4, 0.5) is 0 Å². The van der Waals surface area contributed by atoms with Crippen molar-refractivity contribution in [3.05, 3.63) is 42.2 Å². The van der Waals surface area contributed by atoms with Gasteiger partial charge in [0.2, 0.25) is 0 Å². The van der Waals surface area contributed by atoms with E-state index in [0.29, 0.717) is 19.8 Å². The van der Waals surface area contributed by atoms with E-state index in [2.05, 4.69) is 40.6 Å². The lowest BCUT2D eigenvalue weighted by Crippen LogP contribution is -2.50. The van der Waals surface area contributed by atoms with E-state index in [1.165, 1.54) is 0 Å². The first-order chi connectivity index (χ1) is 13.4. The highest BCUT2D eigenvalue weighted by atomic mass is 127. The molecule has 2 aromatic rings. The number of alkyl halides is 1. The zero-order valence-electron chi connectivity index (χ0n) is 17.0. The molecule has 3 rings (SSSR count). The molecular formula is C22H28INO4. The van der Waals surface area contributed by atoms with E-state index in [0.717, 1.165) is 39.0 Å². The van der Waals surface area contributed by atoms with Crippen molar-refractivity contribution in [1.82, 2.24) is 4.98 Å². The number of ether oxygens (including phenoxy) is 4. The number of benzene rings is 1. The average Bonchev–Trinajstić information content (AvgIpc) is 2.72. The second kappa shape index (κ2) is 8.97. The number of hydrogen-bond acceptors (Lipinski definition) is 5. The largest absolute Gasteiger partial charge is 0.493 e. The highest BCUT2D eigenvalue weighted by Gasteiger charge is 2.41. The first kappa shape index (κ1) is 21.3. The Morgan fingerprint density at radius 1 is 1.07 bits per heavy atom. The van der Waals surface area contributed by atoms with Crippen molar-refractivity contribution in [2.75, 3.05) is 31.4 Å². The third kappa shape index (κ3) is 4.60. The quantitative estimate of drug-likeness (QED) is 0.398. The summed E-state index contributed by atoms with van der Waals surface area (Å²) in [7, 11) is 1.66. The maximum atomic E-state index is 5.97. The molecule has 5 nitrogen and oxygen atoms in total. The Morgan fingerprint density at radius 2 is 1.82 bits per heavy atom. The van der Waals surface area contributed by atoms with Gasteiger partial charge in [0.05, 0.1) is 32.3 Å². The van der Waals surface area contributed by atoms with Crippen LogP contribution in [-0.2, 0) is 14.9 Å². The number of methoxy groups -OCH3 is 1. The summed E-state index contributed by atoms with van der Waals surface area (Å²) in [5, 5.41) is 0. The molecule has 152 valence electrons. The van der Waals surface area contributed by atoms with Crippen LogP contribution in [0.2, 0.25) is 0 Å². The van der Waals surface area contributed by atoms with Crippen molar-refractivity contribution < 1.29 is 18.9 Å². The van der Waals surface area contributed by atoms with Crippen LogP contribution in [0.25, 0.3) is 11.1 Å². The standard InChI is InChI=1S/C22H28INO4/c1-5-8-26-20-10-16(6-7-19(20)25-4)17-9-18(12-24-11-17)22(13-23)14-27-21(2,3)28-15-22/h6-7,9-12H,5,8,13-15H2,1-4H3. The number of rotatable bonds is 7. The molecule has 6 heteroatoms. The molecule has 0 aliphatic carbocycles. The van der Waals surface area contributed by atoms with Crippen molar-refractivity contribution in [2.24, 2.45) is 0 Å². The molecule has 0 atom stereocenters. The van der Waals surface area contributed by atoms with Gasteiger partial charge in [-0.15, -0.1) is 0 Å². The molecule has 0 bridgehead atoms. The smallest absolute Gasteiger partial charge is 0.162 e. The van der Waals surface area contributed by atoms with E-state index in [9.17, 15) is 0 Å². The summed E-state index contributed by atoms with van der Waals surface area (Å²) in [4.78, 5) is 4.51. The van der Waals surface area contributed by atoms with E-state index < -0.39 is 5.79 Å². The Balaban J connectivity index is 1.93. The number of hydrogen-bond donors (Lipinski definition) is 0. The lowest BCUT2D eigenvalue weighted by atomic mass is 9.83. The van der Waals surface area contributed by atoms with Crippen molar-refractivity contribution in [3.8, 4) is 22.6 Å². The molecule has 1 aromatic heterocycles. The van der Waals surface area contributed by atoms with Gasteiger partial charge in [-0.1, -0.05) is 35.6 Å². The molecular weight excluding hydrogens is 469 g/mol. The number of nitrogens with zero attached hydrogens (tertiary/aromatic N) is 1. The second-order valence-electron chi connectivity index (χ2n) is 7.57. The fourth-order valence-electron chi connectivity index (χ4n) is 3.10. The van der Waals surface area contributed by atoms with Gasteiger partial charge in [0.25, 0.3) is 0 Å². The van der Waals surface area contributed by atoms with Crippen LogP contribution in [0.5, 0.6) is 11.5 Å². The van der Waals surface area contributed by atoms with Crippen LogP contribution in [-0.4, -0.2) is 42.1 Å². The summed E-state index contributed by atoms with van der Waals surface area (Å²) >= 11 is 2.41. The van der Waals surface area contributed by atoms with Gasteiger partial charge in [-0.05, 0) is 49.6 Å². The van der Waals surface area contributed by atoms with Crippen molar-refractivity contribution in [1.29, 1.82) is 0 Å². The Hall–Kier alpha value is -1.38. The molecule has 1 aliphatic rings. The minimum atomic E-state index is -0.540. The molecule has 0 unspecified atom stereocenters. The first-order valence-electron chi connectivity index (χ1n) is 9.53. The first-order valence-corrected chi connectivity index (χ1v) is 11.1. The third-order valence-electron chi connectivity index (χ3n) is 4.96. The van der Waals surface area contributed by atoms with Crippen molar-refractivity contribution in [3.63, 3.8) is 0 Å². The van der Waals surface area contributed by atoms with Crippen molar-refractivity contribution in [2.45, 2.75) is 38.4 Å². The van der Waals surface area contributed by atoms with Crippen LogP contribution in [0.1, 0.15) is 32.8 Å². The van der Waals surface area contributed by atoms with Crippen LogP contribution in [0, 0.1) is 0 Å². The summed E-state index contributed by atoms with van der Waals surface area (Å²) in [6, 6.07) is 8.17. The summed E-state index contributed by atoms with van der Waals surface area (Å²) in [5.74, 6) is 0.949. The Bertz CT molecular complexity index is 799. The van der Waals surface area contributed by atoms with Gasteiger partial charge in [0.1, 0.15) is 0 Å². The van der Waals surface area contributed by atoms with E-state index in [4.69, 9.17) is 18.9 Å². The summed E-state index contributed by atoms with van der Waals surface area (Å²) in [6.45, 7) is 7.87. The Morgan fingerprint density at radius 3 is 2.46 bits per heavy atom. The number of pyridine rings is 1. The minimum Gasteiger partial charge on any atom is -0.493 e. The van der Waals surface area contributed by atoms with E-state index in [1.54, 1.807) is 7.11 Å². The molecule has 0 N–H and O–H groups in total. The lowest BCUT2D eigenvalue weighted by Gasteiger charge is -2.42. The van der Waals surface area contributed by atoms with Gasteiger partial charge >= 0.3 is 0 Å². The third-order valence-corrected chi connectivity index (χ3v) is 6.42. The average molecular weight is 497 g/mol. The number of aromatic nitrogens is 1. The van der Waals surface area contributed by atoms with Gasteiger partial charge in [0.15, 0.2) is 17.3 Å². The molecule has 28 heavy (non-hydrogen) atoms. The van der Waals surface area contributed by atoms with Crippen LogP contribution >= 0.6 is 22.6 Å². The normalized spacial score (nSPS) is 17.9. The van der Waals surface area contributed by atoms with Gasteiger partial charge in [-0.25, -0.2) is 0 Å². The number of halogens is 1. The van der Waals surface area contributed by atoms with Gasteiger partial charge < -0.3 is 18.9 Å². The molecule has 1 saturated heterocycles. The zero-order chi connectivity index (χ0) is 20.2. The van der Waals surface area contributed by atoms with E-state index >= 15 is 0 Å². The van der Waals surface area contributed by atoms with Crippen LogP contribution < -0.4 is 9.47 Å². The molecule has 0 saturated carbocycles. The molecule has 1 aromatic carbocycles. The fraction of sp³-hybridized carbons (Fsp3) is 0.500. The topological polar surface area (TPSA) is 49.8 Å². The Labute approximate surface area is 180 Å². The minimum absolute atomic E-state index is 0.201. The van der Waals surface area contributed by atoms with Crippen LogP contribution in [0.15, 0.2) is 36.7 Å². The maximum absolute atomic E-state index is 5.97. The molecule has 1 aliphatic heterocycles. The van der Waals surface area contributed by atoms with Gasteiger partial charge in [0, 0.05) is 22.4 Å². The molecule has 1 fully saturated rings. The van der Waals surface area contributed by atoms with Gasteiger partial charge in [-0.3, -0.25) is 4.98 Å². The van der Waals surface area contributed by atoms with E-state index in [1.807, 2.05) is 44.4 Å². The molecule has 0 spiro atoms. The molecule has 0 amide bonds. The second-order valence-corrected chi connectivity index (χ2v) is 8.33. The highest BCUT2D eigenvalue weighted by Crippen LogP contribution is 2.37. The Kier molecular flexibility index (Phi) is 6.83. The zero-order valence-corrected chi connectivity index (χ0v) is 19.1.